The Kier molecular flexibility index (Phi) is 7.44. The molecule has 1 amide bonds. The molecule has 1 aliphatic carbocycles. The Morgan fingerprint density at radius 3 is 2.88 bits per heavy atom. The zero-order valence-electron chi connectivity index (χ0n) is 18.7. The second-order valence-corrected chi connectivity index (χ2v) is 10.1. The van der Waals surface area contributed by atoms with Gasteiger partial charge in [0, 0.05) is 11.9 Å². The van der Waals surface area contributed by atoms with Crippen LogP contribution in [0.15, 0.2) is 23.4 Å². The average Bonchev–Trinajstić information content (AvgIpc) is 3.48. The maximum atomic E-state index is 13.3. The number of esters is 1. The number of aryl methyl sites for hydroxylation is 1. The number of halogens is 2. The quantitative estimate of drug-likeness (QED) is 0.333. The molecule has 12 heteroatoms. The number of carbonyl (C=O) groups is 2. The molecule has 0 saturated heterocycles. The molecule has 0 spiro atoms. The fourth-order valence-corrected chi connectivity index (χ4v) is 5.95. The van der Waals surface area contributed by atoms with Gasteiger partial charge in [0.05, 0.1) is 23.4 Å². The fourth-order valence-electron chi connectivity index (χ4n) is 3.72. The molecule has 1 aromatic carbocycles. The van der Waals surface area contributed by atoms with Crippen molar-refractivity contribution in [1.29, 1.82) is 0 Å². The largest absolute Gasteiger partial charge is 0.481 e. The maximum Gasteiger partial charge on any atom is 0.341 e. The third kappa shape index (κ3) is 5.06. The number of amides is 1. The Hall–Kier alpha value is -2.63. The van der Waals surface area contributed by atoms with E-state index in [-0.39, 0.29) is 16.7 Å². The second-order valence-electron chi connectivity index (χ2n) is 7.62. The molecule has 1 aliphatic rings. The van der Waals surface area contributed by atoms with Crippen LogP contribution in [0.4, 0.5) is 9.39 Å². The first-order valence-electron chi connectivity index (χ1n) is 10.4. The van der Waals surface area contributed by atoms with E-state index < -0.39 is 17.9 Å². The zero-order chi connectivity index (χ0) is 24.4. The van der Waals surface area contributed by atoms with Crippen molar-refractivity contribution in [1.82, 2.24) is 14.8 Å². The van der Waals surface area contributed by atoms with Gasteiger partial charge in [0.2, 0.25) is 5.91 Å². The number of hydrogen-bond acceptors (Lipinski definition) is 8. The van der Waals surface area contributed by atoms with Gasteiger partial charge in [-0.3, -0.25) is 4.79 Å². The summed E-state index contributed by atoms with van der Waals surface area (Å²) in [5.74, 6) is -0.222. The van der Waals surface area contributed by atoms with Crippen LogP contribution in [0.2, 0.25) is 5.02 Å². The standard InChI is InChI=1S/C22H22ClFN4O4S2/c1-11(32-15-8-7-12(24)9-14(15)23)19-26-27-22(28(19)2)33-10-17(29)25-20-18(21(30)31-3)13-5-4-6-16(13)34-20/h7-9,11H,4-6,10H2,1-3H3,(H,25,29). The first-order valence-corrected chi connectivity index (χ1v) is 12.6. The summed E-state index contributed by atoms with van der Waals surface area (Å²) in [6.07, 6.45) is 2.20. The number of methoxy groups -OCH3 is 1. The molecule has 180 valence electrons. The predicted molar refractivity (Wildman–Crippen MR) is 128 cm³/mol. The van der Waals surface area contributed by atoms with Crippen LogP contribution < -0.4 is 10.1 Å². The Morgan fingerprint density at radius 1 is 1.35 bits per heavy atom. The van der Waals surface area contributed by atoms with Gasteiger partial charge in [0.25, 0.3) is 0 Å². The summed E-state index contributed by atoms with van der Waals surface area (Å²) in [5, 5.41) is 12.4. The molecule has 2 aromatic heterocycles. The molecule has 0 radical (unpaired) electrons. The molecule has 34 heavy (non-hydrogen) atoms. The molecule has 1 unspecified atom stereocenters. The highest BCUT2D eigenvalue weighted by Gasteiger charge is 2.28. The van der Waals surface area contributed by atoms with Crippen LogP contribution >= 0.6 is 34.7 Å². The van der Waals surface area contributed by atoms with Crippen molar-refractivity contribution in [3.8, 4) is 5.75 Å². The lowest BCUT2D eigenvalue weighted by Crippen LogP contribution is -2.16. The number of fused-ring (bicyclic) bond motifs is 1. The van der Waals surface area contributed by atoms with E-state index in [2.05, 4.69) is 15.5 Å². The zero-order valence-corrected chi connectivity index (χ0v) is 21.1. The van der Waals surface area contributed by atoms with E-state index in [1.54, 1.807) is 18.5 Å². The second kappa shape index (κ2) is 10.3. The molecule has 8 nitrogen and oxygen atoms in total. The summed E-state index contributed by atoms with van der Waals surface area (Å²) < 4.78 is 25.7. The predicted octanol–water partition coefficient (Wildman–Crippen LogP) is 4.82. The fraction of sp³-hybridized carbons (Fsp3) is 0.364. The number of anilines is 1. The van der Waals surface area contributed by atoms with E-state index in [1.165, 1.54) is 48.4 Å². The number of ether oxygens (including phenoxy) is 2. The number of hydrogen-bond donors (Lipinski definition) is 1. The lowest BCUT2D eigenvalue weighted by Gasteiger charge is -2.15. The molecular weight excluding hydrogens is 503 g/mol. The molecule has 0 bridgehead atoms. The average molecular weight is 525 g/mol. The molecule has 2 heterocycles. The van der Waals surface area contributed by atoms with E-state index in [0.717, 1.165) is 29.7 Å². The molecule has 1 atom stereocenters. The number of aromatic nitrogens is 3. The van der Waals surface area contributed by atoms with Gasteiger partial charge in [0.15, 0.2) is 17.1 Å². The van der Waals surface area contributed by atoms with Crippen molar-refractivity contribution in [2.24, 2.45) is 7.05 Å². The van der Waals surface area contributed by atoms with Crippen LogP contribution in [0.3, 0.4) is 0 Å². The highest BCUT2D eigenvalue weighted by molar-refractivity contribution is 7.99. The van der Waals surface area contributed by atoms with Crippen LogP contribution in [0.5, 0.6) is 5.75 Å². The van der Waals surface area contributed by atoms with E-state index in [4.69, 9.17) is 21.1 Å². The van der Waals surface area contributed by atoms with Crippen molar-refractivity contribution in [3.63, 3.8) is 0 Å². The van der Waals surface area contributed by atoms with Crippen molar-refractivity contribution in [2.45, 2.75) is 37.4 Å². The SMILES string of the molecule is COC(=O)c1c(NC(=O)CSc2nnc(C(C)Oc3ccc(F)cc3Cl)n2C)sc2c1CCC2. The molecule has 3 aromatic rings. The van der Waals surface area contributed by atoms with Crippen molar-refractivity contribution in [2.75, 3.05) is 18.2 Å². The number of carbonyl (C=O) groups excluding carboxylic acids is 2. The van der Waals surface area contributed by atoms with Crippen molar-refractivity contribution in [3.05, 3.63) is 50.9 Å². The van der Waals surface area contributed by atoms with Crippen LogP contribution in [0.1, 0.15) is 46.1 Å². The summed E-state index contributed by atoms with van der Waals surface area (Å²) in [5.41, 5.74) is 1.44. The van der Waals surface area contributed by atoms with Crippen molar-refractivity contribution < 1.29 is 23.5 Å². The highest BCUT2D eigenvalue weighted by atomic mass is 35.5. The molecular formula is C22H22ClFN4O4S2. The topological polar surface area (TPSA) is 95.3 Å². The summed E-state index contributed by atoms with van der Waals surface area (Å²) in [6, 6.07) is 3.89. The van der Waals surface area contributed by atoms with Gasteiger partial charge in [-0.25, -0.2) is 9.18 Å². The number of thioether (sulfide) groups is 1. The summed E-state index contributed by atoms with van der Waals surface area (Å²) in [4.78, 5) is 26.0. The summed E-state index contributed by atoms with van der Waals surface area (Å²) in [6.45, 7) is 1.77. The van der Waals surface area contributed by atoms with Gasteiger partial charge in [-0.15, -0.1) is 21.5 Å². The first-order chi connectivity index (χ1) is 16.3. The molecule has 0 fully saturated rings. The minimum Gasteiger partial charge on any atom is -0.481 e. The van der Waals surface area contributed by atoms with Gasteiger partial charge < -0.3 is 19.4 Å². The molecule has 4 rings (SSSR count). The number of nitrogens with one attached hydrogen (secondary N) is 1. The van der Waals surface area contributed by atoms with E-state index >= 15 is 0 Å². The van der Waals surface area contributed by atoms with Crippen LogP contribution in [-0.2, 0) is 29.4 Å². The van der Waals surface area contributed by atoms with Crippen LogP contribution in [-0.4, -0.2) is 39.5 Å². The minimum atomic E-state index is -0.514. The van der Waals surface area contributed by atoms with Gasteiger partial charge in [-0.1, -0.05) is 23.4 Å². The molecule has 0 aliphatic heterocycles. The normalized spacial score (nSPS) is 13.4. The maximum absolute atomic E-state index is 13.3. The molecule has 0 saturated carbocycles. The lowest BCUT2D eigenvalue weighted by atomic mass is 10.1. The Bertz CT molecular complexity index is 1250. The number of benzene rings is 1. The number of rotatable bonds is 8. The smallest absolute Gasteiger partial charge is 0.341 e. The van der Waals surface area contributed by atoms with Crippen LogP contribution in [0, 0.1) is 5.82 Å². The van der Waals surface area contributed by atoms with Crippen LogP contribution in [0.25, 0.3) is 0 Å². The lowest BCUT2D eigenvalue weighted by molar-refractivity contribution is -0.113. The first kappa shape index (κ1) is 24.5. The van der Waals surface area contributed by atoms with Gasteiger partial charge in [0.1, 0.15) is 16.6 Å². The third-order valence-corrected chi connectivity index (χ3v) is 7.85. The Morgan fingerprint density at radius 2 is 2.15 bits per heavy atom. The Labute approximate surface area is 208 Å². The molecule has 1 N–H and O–H groups in total. The number of nitrogens with zero attached hydrogens (tertiary/aromatic N) is 3. The third-order valence-electron chi connectivity index (χ3n) is 5.33. The summed E-state index contributed by atoms with van der Waals surface area (Å²) >= 11 is 8.68. The van der Waals surface area contributed by atoms with Gasteiger partial charge in [-0.05, 0) is 49.9 Å². The monoisotopic (exact) mass is 524 g/mol. The van der Waals surface area contributed by atoms with Crippen molar-refractivity contribution >= 4 is 51.6 Å². The van der Waals surface area contributed by atoms with E-state index in [0.29, 0.717) is 27.3 Å². The van der Waals surface area contributed by atoms with Gasteiger partial charge in [-0.2, -0.15) is 0 Å². The number of thiophene rings is 1. The minimum absolute atomic E-state index is 0.0776. The van der Waals surface area contributed by atoms with Gasteiger partial charge >= 0.3 is 5.97 Å². The van der Waals surface area contributed by atoms with E-state index in [1.807, 2.05) is 0 Å². The van der Waals surface area contributed by atoms with E-state index in [9.17, 15) is 14.0 Å². The Balaban J connectivity index is 1.39. The summed E-state index contributed by atoms with van der Waals surface area (Å²) in [7, 11) is 3.10. The highest BCUT2D eigenvalue weighted by Crippen LogP contribution is 2.39.